The van der Waals surface area contributed by atoms with Crippen LogP contribution < -0.4 is 24.7 Å². The second-order valence-corrected chi connectivity index (χ2v) is 9.78. The Hall–Kier alpha value is -3.65. The van der Waals surface area contributed by atoms with Crippen LogP contribution in [0.4, 0.5) is 11.4 Å². The Labute approximate surface area is 208 Å². The number of hydrogen-bond acceptors (Lipinski definition) is 7. The quantitative estimate of drug-likeness (QED) is 0.497. The highest BCUT2D eigenvalue weighted by Crippen LogP contribution is 2.31. The molecule has 0 bridgehead atoms. The predicted octanol–water partition coefficient (Wildman–Crippen LogP) is 2.93. The van der Waals surface area contributed by atoms with Crippen LogP contribution in [0.15, 0.2) is 69.6 Å². The molecule has 1 aromatic heterocycles. The van der Waals surface area contributed by atoms with E-state index < -0.39 is 12.0 Å². The number of anilines is 2. The van der Waals surface area contributed by atoms with Crippen LogP contribution in [0.1, 0.15) is 31.0 Å². The van der Waals surface area contributed by atoms with Crippen molar-refractivity contribution < 1.29 is 9.53 Å². The van der Waals surface area contributed by atoms with Crippen LogP contribution in [-0.4, -0.2) is 45.3 Å². The summed E-state index contributed by atoms with van der Waals surface area (Å²) in [6.45, 7) is 3.81. The standard InChI is InChI=1S/C27H30N4O3S/c1-7-34-26(33)23-17(2)28-27-31(24(23)19-10-14-21(15-11-19)30(5)6)25(32)22(35-27)16-18-8-12-20(13-9-18)29(3)4/h8-16,24H,7H2,1-6H3/b22-16-/t24-/m1/s1. The minimum absolute atomic E-state index is 0.179. The van der Waals surface area contributed by atoms with Crippen LogP contribution >= 0.6 is 11.3 Å². The number of carbonyl (C=O) groups excluding carboxylic acids is 1. The normalized spacial score (nSPS) is 15.5. The van der Waals surface area contributed by atoms with Crippen molar-refractivity contribution in [2.24, 2.45) is 4.99 Å². The summed E-state index contributed by atoms with van der Waals surface area (Å²) in [7, 11) is 7.91. The number of rotatable bonds is 6. The van der Waals surface area contributed by atoms with Crippen molar-refractivity contribution in [3.8, 4) is 0 Å². The Kier molecular flexibility index (Phi) is 6.93. The van der Waals surface area contributed by atoms with Crippen molar-refractivity contribution in [3.63, 3.8) is 0 Å². The lowest BCUT2D eigenvalue weighted by molar-refractivity contribution is -0.139. The van der Waals surface area contributed by atoms with E-state index in [1.165, 1.54) is 11.3 Å². The molecule has 35 heavy (non-hydrogen) atoms. The Balaban J connectivity index is 1.88. The lowest BCUT2D eigenvalue weighted by Gasteiger charge is -2.25. The first-order valence-electron chi connectivity index (χ1n) is 11.5. The maximum absolute atomic E-state index is 13.7. The number of ether oxygens (including phenoxy) is 1. The summed E-state index contributed by atoms with van der Waals surface area (Å²) in [4.78, 5) is 35.9. The molecule has 182 valence electrons. The molecule has 4 rings (SSSR count). The van der Waals surface area contributed by atoms with Crippen LogP contribution in [-0.2, 0) is 9.53 Å². The Bertz CT molecular complexity index is 1450. The lowest BCUT2D eigenvalue weighted by atomic mass is 9.95. The van der Waals surface area contributed by atoms with Gasteiger partial charge < -0.3 is 14.5 Å². The van der Waals surface area contributed by atoms with Gasteiger partial charge in [0.05, 0.1) is 28.5 Å². The van der Waals surface area contributed by atoms with Crippen molar-refractivity contribution in [1.29, 1.82) is 0 Å². The number of hydrogen-bond donors (Lipinski definition) is 0. The van der Waals surface area contributed by atoms with Crippen molar-refractivity contribution in [2.75, 3.05) is 44.6 Å². The third kappa shape index (κ3) is 4.79. The average molecular weight is 491 g/mol. The molecule has 0 aliphatic carbocycles. The number of allylic oxidation sites excluding steroid dienone is 1. The van der Waals surface area contributed by atoms with E-state index in [4.69, 9.17) is 4.74 Å². The summed E-state index contributed by atoms with van der Waals surface area (Å²) in [5.74, 6) is -0.455. The number of benzene rings is 2. The molecule has 7 nitrogen and oxygen atoms in total. The first kappa shape index (κ1) is 24.5. The van der Waals surface area contributed by atoms with E-state index in [-0.39, 0.29) is 12.2 Å². The molecule has 0 amide bonds. The van der Waals surface area contributed by atoms with Crippen LogP contribution in [0.2, 0.25) is 0 Å². The predicted molar refractivity (Wildman–Crippen MR) is 142 cm³/mol. The van der Waals surface area contributed by atoms with E-state index in [1.807, 2.05) is 92.6 Å². The second kappa shape index (κ2) is 9.92. The first-order valence-corrected chi connectivity index (χ1v) is 12.3. The van der Waals surface area contributed by atoms with E-state index in [9.17, 15) is 9.59 Å². The maximum Gasteiger partial charge on any atom is 0.338 e. The van der Waals surface area contributed by atoms with Gasteiger partial charge in [-0.3, -0.25) is 9.36 Å². The van der Waals surface area contributed by atoms with Crippen molar-refractivity contribution >= 4 is 34.8 Å². The van der Waals surface area contributed by atoms with Crippen LogP contribution in [0.3, 0.4) is 0 Å². The second-order valence-electron chi connectivity index (χ2n) is 8.77. The SMILES string of the molecule is CCOC(=O)C1=C(C)N=c2s/c(=C\c3ccc(N(C)C)cc3)c(=O)n2[C@@H]1c1ccc(N(C)C)cc1. The van der Waals surface area contributed by atoms with Gasteiger partial charge in [0, 0.05) is 39.6 Å². The van der Waals surface area contributed by atoms with Crippen LogP contribution in [0, 0.1) is 0 Å². The Morgan fingerprint density at radius 1 is 1.03 bits per heavy atom. The molecular weight excluding hydrogens is 460 g/mol. The van der Waals surface area contributed by atoms with Gasteiger partial charge in [-0.15, -0.1) is 0 Å². The first-order chi connectivity index (χ1) is 16.7. The monoisotopic (exact) mass is 490 g/mol. The van der Waals surface area contributed by atoms with Crippen molar-refractivity contribution in [1.82, 2.24) is 4.57 Å². The lowest BCUT2D eigenvalue weighted by Crippen LogP contribution is -2.39. The Morgan fingerprint density at radius 3 is 2.14 bits per heavy atom. The van der Waals surface area contributed by atoms with Gasteiger partial charge in [0.1, 0.15) is 0 Å². The minimum Gasteiger partial charge on any atom is -0.463 e. The number of fused-ring (bicyclic) bond motifs is 1. The highest BCUT2D eigenvalue weighted by Gasteiger charge is 2.33. The molecule has 0 saturated heterocycles. The molecule has 0 N–H and O–H groups in total. The summed E-state index contributed by atoms with van der Waals surface area (Å²) < 4.78 is 7.55. The zero-order valence-corrected chi connectivity index (χ0v) is 21.7. The van der Waals surface area contributed by atoms with E-state index in [2.05, 4.69) is 4.99 Å². The van der Waals surface area contributed by atoms with Crippen molar-refractivity contribution in [2.45, 2.75) is 19.9 Å². The van der Waals surface area contributed by atoms with Gasteiger partial charge in [0.25, 0.3) is 5.56 Å². The molecule has 1 atom stereocenters. The molecule has 0 radical (unpaired) electrons. The van der Waals surface area contributed by atoms with Crippen molar-refractivity contribution in [3.05, 3.63) is 90.6 Å². The highest BCUT2D eigenvalue weighted by molar-refractivity contribution is 7.07. The summed E-state index contributed by atoms with van der Waals surface area (Å²) in [5, 5.41) is 0. The van der Waals surface area contributed by atoms with Gasteiger partial charge in [0.2, 0.25) is 0 Å². The highest BCUT2D eigenvalue weighted by atomic mass is 32.1. The molecule has 1 aliphatic heterocycles. The summed E-state index contributed by atoms with van der Waals surface area (Å²) in [5.41, 5.74) is 4.64. The van der Waals surface area contributed by atoms with Gasteiger partial charge in [-0.2, -0.15) is 0 Å². The Morgan fingerprint density at radius 2 is 1.60 bits per heavy atom. The van der Waals surface area contributed by atoms with E-state index >= 15 is 0 Å². The van der Waals surface area contributed by atoms with Crippen LogP contribution in [0.5, 0.6) is 0 Å². The van der Waals surface area contributed by atoms with Gasteiger partial charge in [-0.25, -0.2) is 9.79 Å². The number of thiazole rings is 1. The topological polar surface area (TPSA) is 67.1 Å². The number of aromatic nitrogens is 1. The molecular formula is C27H30N4O3S. The number of esters is 1. The fraction of sp³-hybridized carbons (Fsp3) is 0.296. The van der Waals surface area contributed by atoms with Gasteiger partial charge in [-0.1, -0.05) is 35.6 Å². The third-order valence-electron chi connectivity index (χ3n) is 5.95. The van der Waals surface area contributed by atoms with Crippen LogP contribution in [0.25, 0.3) is 6.08 Å². The van der Waals surface area contributed by atoms with E-state index in [0.717, 1.165) is 22.5 Å². The van der Waals surface area contributed by atoms with Gasteiger partial charge in [-0.05, 0) is 55.3 Å². The fourth-order valence-electron chi connectivity index (χ4n) is 4.08. The number of nitrogens with zero attached hydrogens (tertiary/aromatic N) is 4. The molecule has 1 aliphatic rings. The molecule has 0 fully saturated rings. The molecule has 3 aromatic rings. The van der Waals surface area contributed by atoms with Gasteiger partial charge in [0.15, 0.2) is 4.80 Å². The molecule has 0 spiro atoms. The summed E-state index contributed by atoms with van der Waals surface area (Å²) in [6.07, 6.45) is 1.87. The zero-order chi connectivity index (χ0) is 25.3. The van der Waals surface area contributed by atoms with E-state index in [0.29, 0.717) is 20.6 Å². The number of carbonyl (C=O) groups is 1. The fourth-order valence-corrected chi connectivity index (χ4v) is 5.13. The summed E-state index contributed by atoms with van der Waals surface area (Å²) >= 11 is 1.33. The van der Waals surface area contributed by atoms with E-state index in [1.54, 1.807) is 18.4 Å². The van der Waals surface area contributed by atoms with Gasteiger partial charge >= 0.3 is 5.97 Å². The third-order valence-corrected chi connectivity index (χ3v) is 6.93. The zero-order valence-electron chi connectivity index (χ0n) is 20.9. The molecule has 0 unspecified atom stereocenters. The maximum atomic E-state index is 13.7. The average Bonchev–Trinajstić information content (AvgIpc) is 3.13. The molecule has 2 aromatic carbocycles. The molecule has 2 heterocycles. The molecule has 8 heteroatoms. The smallest absolute Gasteiger partial charge is 0.338 e. The minimum atomic E-state index is -0.611. The largest absolute Gasteiger partial charge is 0.463 e. The summed E-state index contributed by atoms with van der Waals surface area (Å²) in [6, 6.07) is 15.3. The molecule has 0 saturated carbocycles.